The number of hydrogen-bond acceptors (Lipinski definition) is 3. The molecule has 2 amide bonds. The lowest BCUT2D eigenvalue weighted by Gasteiger charge is -2.38. The molecule has 5 nitrogen and oxygen atoms in total. The molecule has 0 radical (unpaired) electrons. The molecule has 26 heavy (non-hydrogen) atoms. The molecule has 0 atom stereocenters. The first-order chi connectivity index (χ1) is 12.5. The molecule has 0 saturated heterocycles. The van der Waals surface area contributed by atoms with Crippen molar-refractivity contribution < 1.29 is 9.53 Å². The molecule has 1 heterocycles. The summed E-state index contributed by atoms with van der Waals surface area (Å²) in [4.78, 5) is 12.2. The SMILES string of the molecule is N#Cc1cccc(Cl)c1Oc1ccc(Cl)c2c1C1(CCCC1)NC(=O)N2. The average molecular weight is 388 g/mol. The second-order valence-electron chi connectivity index (χ2n) is 6.49. The second-order valence-corrected chi connectivity index (χ2v) is 7.31. The number of fused-ring (bicyclic) bond motifs is 2. The van der Waals surface area contributed by atoms with Crippen LogP contribution in [0.4, 0.5) is 10.5 Å². The van der Waals surface area contributed by atoms with E-state index in [-0.39, 0.29) is 6.03 Å². The van der Waals surface area contributed by atoms with Crippen molar-refractivity contribution in [3.05, 3.63) is 51.5 Å². The van der Waals surface area contributed by atoms with Crippen LogP contribution in [0.1, 0.15) is 36.8 Å². The number of nitrogens with one attached hydrogen (secondary N) is 2. The summed E-state index contributed by atoms with van der Waals surface area (Å²) in [7, 11) is 0. The van der Waals surface area contributed by atoms with Gasteiger partial charge in [0.25, 0.3) is 0 Å². The molecule has 1 fully saturated rings. The highest BCUT2D eigenvalue weighted by atomic mass is 35.5. The number of carbonyl (C=O) groups is 1. The van der Waals surface area contributed by atoms with Gasteiger partial charge in [-0.1, -0.05) is 42.1 Å². The van der Waals surface area contributed by atoms with Crippen LogP contribution in [0.2, 0.25) is 10.0 Å². The number of halogens is 2. The molecule has 2 aromatic rings. The van der Waals surface area contributed by atoms with Crippen molar-refractivity contribution in [2.45, 2.75) is 31.2 Å². The Hall–Kier alpha value is -2.42. The molecular formula is C19H15Cl2N3O2. The highest BCUT2D eigenvalue weighted by Crippen LogP contribution is 2.51. The van der Waals surface area contributed by atoms with Crippen LogP contribution in [0.3, 0.4) is 0 Å². The Morgan fingerprint density at radius 3 is 2.62 bits per heavy atom. The molecule has 1 aliphatic heterocycles. The molecule has 1 aliphatic carbocycles. The molecule has 0 unspecified atom stereocenters. The Kier molecular flexibility index (Phi) is 4.18. The van der Waals surface area contributed by atoms with Crippen LogP contribution in [0.15, 0.2) is 30.3 Å². The quantitative estimate of drug-likeness (QED) is 0.707. The molecule has 1 spiro atoms. The van der Waals surface area contributed by atoms with E-state index in [1.54, 1.807) is 30.3 Å². The van der Waals surface area contributed by atoms with Crippen molar-refractivity contribution >= 4 is 34.9 Å². The highest BCUT2D eigenvalue weighted by molar-refractivity contribution is 6.34. The number of nitrogens with zero attached hydrogens (tertiary/aromatic N) is 1. The lowest BCUT2D eigenvalue weighted by Crippen LogP contribution is -2.50. The van der Waals surface area contributed by atoms with Crippen molar-refractivity contribution in [1.29, 1.82) is 5.26 Å². The van der Waals surface area contributed by atoms with Gasteiger partial charge in [0.2, 0.25) is 0 Å². The van der Waals surface area contributed by atoms with Gasteiger partial charge < -0.3 is 15.4 Å². The van der Waals surface area contributed by atoms with Crippen LogP contribution >= 0.6 is 23.2 Å². The number of amides is 2. The first-order valence-corrected chi connectivity index (χ1v) is 9.08. The number of carbonyl (C=O) groups excluding carboxylic acids is 1. The zero-order valence-electron chi connectivity index (χ0n) is 13.7. The summed E-state index contributed by atoms with van der Waals surface area (Å²) in [6, 6.07) is 10.3. The number of para-hydroxylation sites is 1. The van der Waals surface area contributed by atoms with Crippen LogP contribution in [-0.4, -0.2) is 6.03 Å². The molecule has 0 bridgehead atoms. The number of nitriles is 1. The molecule has 2 aliphatic rings. The van der Waals surface area contributed by atoms with E-state index in [4.69, 9.17) is 27.9 Å². The van der Waals surface area contributed by atoms with E-state index in [0.717, 1.165) is 31.2 Å². The van der Waals surface area contributed by atoms with Crippen molar-refractivity contribution in [3.8, 4) is 17.6 Å². The predicted molar refractivity (Wildman–Crippen MR) is 100.0 cm³/mol. The molecule has 132 valence electrons. The lowest BCUT2D eigenvalue weighted by molar-refractivity contribution is 0.232. The summed E-state index contributed by atoms with van der Waals surface area (Å²) < 4.78 is 6.10. The summed E-state index contributed by atoms with van der Waals surface area (Å²) in [6.07, 6.45) is 3.61. The first kappa shape index (κ1) is 17.0. The van der Waals surface area contributed by atoms with Gasteiger partial charge in [-0.25, -0.2) is 4.79 Å². The average Bonchev–Trinajstić information content (AvgIpc) is 3.07. The van der Waals surface area contributed by atoms with Crippen LogP contribution < -0.4 is 15.4 Å². The predicted octanol–water partition coefficient (Wildman–Crippen LogP) is 5.56. The lowest BCUT2D eigenvalue weighted by atomic mass is 9.84. The third-order valence-electron chi connectivity index (χ3n) is 4.94. The largest absolute Gasteiger partial charge is 0.454 e. The number of urea groups is 1. The van der Waals surface area contributed by atoms with Crippen LogP contribution in [0.5, 0.6) is 11.5 Å². The van der Waals surface area contributed by atoms with Gasteiger partial charge in [0.1, 0.15) is 11.8 Å². The van der Waals surface area contributed by atoms with Gasteiger partial charge in [0, 0.05) is 5.56 Å². The van der Waals surface area contributed by atoms with Crippen molar-refractivity contribution in [3.63, 3.8) is 0 Å². The third-order valence-corrected chi connectivity index (χ3v) is 5.56. The summed E-state index contributed by atoms with van der Waals surface area (Å²) in [5, 5.41) is 16.0. The van der Waals surface area contributed by atoms with Crippen molar-refractivity contribution in [1.82, 2.24) is 5.32 Å². The smallest absolute Gasteiger partial charge is 0.319 e. The van der Waals surface area contributed by atoms with Crippen molar-refractivity contribution in [2.75, 3.05) is 5.32 Å². The van der Waals surface area contributed by atoms with Crippen LogP contribution in [-0.2, 0) is 5.54 Å². The molecule has 2 N–H and O–H groups in total. The number of anilines is 1. The van der Waals surface area contributed by atoms with Gasteiger partial charge in [-0.15, -0.1) is 0 Å². The van der Waals surface area contributed by atoms with E-state index in [1.807, 2.05) is 0 Å². The molecule has 0 aromatic heterocycles. The van der Waals surface area contributed by atoms with Crippen molar-refractivity contribution in [2.24, 2.45) is 0 Å². The molecule has 2 aromatic carbocycles. The molecule has 4 rings (SSSR count). The fourth-order valence-corrected chi connectivity index (χ4v) is 4.25. The number of benzene rings is 2. The van der Waals surface area contributed by atoms with Crippen LogP contribution in [0.25, 0.3) is 0 Å². The summed E-state index contributed by atoms with van der Waals surface area (Å²) in [5.74, 6) is 0.828. The molecule has 7 heteroatoms. The molecule has 1 saturated carbocycles. The van der Waals surface area contributed by atoms with Gasteiger partial charge >= 0.3 is 6.03 Å². The number of rotatable bonds is 2. The highest BCUT2D eigenvalue weighted by Gasteiger charge is 2.45. The van der Waals surface area contributed by atoms with E-state index in [9.17, 15) is 10.1 Å². The van der Waals surface area contributed by atoms with E-state index in [2.05, 4.69) is 16.7 Å². The normalized spacial score (nSPS) is 17.2. The van der Waals surface area contributed by atoms with Gasteiger partial charge in [-0.2, -0.15) is 5.26 Å². The minimum absolute atomic E-state index is 0.270. The second kappa shape index (κ2) is 6.39. The fourth-order valence-electron chi connectivity index (χ4n) is 3.83. The Bertz CT molecular complexity index is 947. The number of ether oxygens (including phenoxy) is 1. The molecular weight excluding hydrogens is 373 g/mol. The van der Waals surface area contributed by atoms with Gasteiger partial charge in [-0.3, -0.25) is 0 Å². The van der Waals surface area contributed by atoms with Gasteiger partial charge in [0.15, 0.2) is 5.75 Å². The minimum atomic E-state index is -0.522. The fraction of sp³-hybridized carbons (Fsp3) is 0.263. The zero-order chi connectivity index (χ0) is 18.3. The Balaban J connectivity index is 1.89. The Labute approximate surface area is 160 Å². The van der Waals surface area contributed by atoms with E-state index < -0.39 is 5.54 Å². The van der Waals surface area contributed by atoms with Gasteiger partial charge in [-0.05, 0) is 37.1 Å². The van der Waals surface area contributed by atoms with Crippen LogP contribution in [0, 0.1) is 11.3 Å². The maximum absolute atomic E-state index is 12.2. The van der Waals surface area contributed by atoms with Gasteiger partial charge in [0.05, 0.1) is 26.8 Å². The standard InChI is InChI=1S/C19H15Cl2N3O2/c20-12-6-7-14(26-17-11(10-22)4-3-5-13(17)21)15-16(12)23-18(25)24-19(15)8-1-2-9-19/h3-7H,1-2,8-9H2,(H2,23,24,25). The monoisotopic (exact) mass is 387 g/mol. The Morgan fingerprint density at radius 2 is 1.88 bits per heavy atom. The zero-order valence-corrected chi connectivity index (χ0v) is 15.2. The third kappa shape index (κ3) is 2.66. The summed E-state index contributed by atoms with van der Waals surface area (Å²) in [6.45, 7) is 0. The van der Waals surface area contributed by atoms with E-state index in [0.29, 0.717) is 32.8 Å². The topological polar surface area (TPSA) is 74.1 Å². The first-order valence-electron chi connectivity index (χ1n) is 8.33. The summed E-state index contributed by atoms with van der Waals surface area (Å²) >= 11 is 12.6. The number of hydrogen-bond donors (Lipinski definition) is 2. The van der Waals surface area contributed by atoms with E-state index >= 15 is 0 Å². The Morgan fingerprint density at radius 1 is 1.12 bits per heavy atom. The minimum Gasteiger partial charge on any atom is -0.454 e. The van der Waals surface area contributed by atoms with E-state index in [1.165, 1.54) is 0 Å². The summed E-state index contributed by atoms with van der Waals surface area (Å²) in [5.41, 5.74) is 1.19. The maximum atomic E-state index is 12.2. The maximum Gasteiger partial charge on any atom is 0.319 e.